The fourth-order valence-electron chi connectivity index (χ4n) is 2.50. The van der Waals surface area contributed by atoms with E-state index in [9.17, 15) is 19.2 Å². The van der Waals surface area contributed by atoms with E-state index in [4.69, 9.17) is 0 Å². The summed E-state index contributed by atoms with van der Waals surface area (Å²) in [7, 11) is 0. The molecule has 2 aliphatic carbocycles. The van der Waals surface area contributed by atoms with E-state index in [2.05, 4.69) is 0 Å². The lowest BCUT2D eigenvalue weighted by atomic mass is 9.62. The molecule has 0 radical (unpaired) electrons. The second-order valence-electron chi connectivity index (χ2n) is 4.15. The molecule has 2 rings (SSSR count). The van der Waals surface area contributed by atoms with Crippen LogP contribution in [-0.4, -0.2) is 23.1 Å². The van der Waals surface area contributed by atoms with Crippen LogP contribution in [-0.2, 0) is 19.2 Å². The largest absolute Gasteiger partial charge is 0.298 e. The molecule has 0 aromatic heterocycles. The summed E-state index contributed by atoms with van der Waals surface area (Å²) < 4.78 is 0. The molecule has 0 amide bonds. The highest BCUT2D eigenvalue weighted by atomic mass is 16.2. The van der Waals surface area contributed by atoms with Crippen molar-refractivity contribution in [3.63, 3.8) is 0 Å². The van der Waals surface area contributed by atoms with Gasteiger partial charge in [-0.25, -0.2) is 0 Å². The molecule has 0 aliphatic heterocycles. The van der Waals surface area contributed by atoms with Gasteiger partial charge in [-0.05, 0) is 12.8 Å². The first-order valence-corrected chi connectivity index (χ1v) is 5.23. The van der Waals surface area contributed by atoms with E-state index < -0.39 is 28.5 Å². The summed E-state index contributed by atoms with van der Waals surface area (Å²) in [4.78, 5) is 47.0. The van der Waals surface area contributed by atoms with Gasteiger partial charge in [-0.15, -0.1) is 0 Å². The van der Waals surface area contributed by atoms with Gasteiger partial charge in [-0.3, -0.25) is 19.2 Å². The number of hydrogen-bond donors (Lipinski definition) is 0. The van der Waals surface area contributed by atoms with Gasteiger partial charge in [-0.2, -0.15) is 0 Å². The average Bonchev–Trinajstić information content (AvgIpc) is 2.17. The second kappa shape index (κ2) is 3.36. The van der Waals surface area contributed by atoms with Crippen LogP contribution in [0, 0.1) is 5.41 Å². The maximum Gasteiger partial charge on any atom is 0.203 e. The molecule has 0 atom stereocenters. The third-order valence-electron chi connectivity index (χ3n) is 3.29. The summed E-state index contributed by atoms with van der Waals surface area (Å²) in [5, 5.41) is 0. The lowest BCUT2D eigenvalue weighted by Gasteiger charge is -2.34. The Balaban J connectivity index is 2.51. The molecule has 0 saturated heterocycles. The Morgan fingerprint density at radius 3 is 1.13 bits per heavy atom. The van der Waals surface area contributed by atoms with Gasteiger partial charge < -0.3 is 0 Å². The van der Waals surface area contributed by atoms with E-state index in [1.165, 1.54) is 0 Å². The Kier molecular flexibility index (Phi) is 2.29. The Hall–Kier alpha value is -1.32. The summed E-state index contributed by atoms with van der Waals surface area (Å²) in [6.07, 6.45) is 1.68. The van der Waals surface area contributed by atoms with Crippen LogP contribution in [0.1, 0.15) is 38.5 Å². The summed E-state index contributed by atoms with van der Waals surface area (Å²) in [5.41, 5.74) is -1.86. The van der Waals surface area contributed by atoms with Crippen LogP contribution < -0.4 is 0 Å². The smallest absolute Gasteiger partial charge is 0.203 e. The zero-order valence-corrected chi connectivity index (χ0v) is 8.38. The van der Waals surface area contributed by atoms with Crippen LogP contribution in [0.4, 0.5) is 0 Å². The van der Waals surface area contributed by atoms with E-state index in [-0.39, 0.29) is 25.7 Å². The Labute approximate surface area is 87.0 Å². The molecule has 0 unspecified atom stereocenters. The zero-order chi connectivity index (χ0) is 11.1. The van der Waals surface area contributed by atoms with E-state index in [1.807, 2.05) is 0 Å². The maximum absolute atomic E-state index is 11.7. The first-order chi connectivity index (χ1) is 7.10. The van der Waals surface area contributed by atoms with Gasteiger partial charge in [0.25, 0.3) is 0 Å². The lowest BCUT2D eigenvalue weighted by molar-refractivity contribution is -0.158. The first kappa shape index (κ1) is 10.2. The van der Waals surface area contributed by atoms with Crippen molar-refractivity contribution in [3.8, 4) is 0 Å². The number of rotatable bonds is 0. The van der Waals surface area contributed by atoms with Gasteiger partial charge in [0.05, 0.1) is 0 Å². The molecule has 4 heteroatoms. The molecule has 4 nitrogen and oxygen atoms in total. The van der Waals surface area contributed by atoms with Crippen LogP contribution in [0.25, 0.3) is 0 Å². The summed E-state index contributed by atoms with van der Waals surface area (Å²) >= 11 is 0. The lowest BCUT2D eigenvalue weighted by Crippen LogP contribution is -2.56. The monoisotopic (exact) mass is 208 g/mol. The number of hydrogen-bond acceptors (Lipinski definition) is 4. The Morgan fingerprint density at radius 1 is 0.600 bits per heavy atom. The van der Waals surface area contributed by atoms with Crippen molar-refractivity contribution in [2.45, 2.75) is 38.5 Å². The molecule has 2 fully saturated rings. The highest BCUT2D eigenvalue weighted by Crippen LogP contribution is 2.38. The molecular weight excluding hydrogens is 196 g/mol. The third kappa shape index (κ3) is 1.20. The van der Waals surface area contributed by atoms with Crippen molar-refractivity contribution < 1.29 is 19.2 Å². The molecule has 2 saturated carbocycles. The maximum atomic E-state index is 11.7. The van der Waals surface area contributed by atoms with Crippen LogP contribution in [0.5, 0.6) is 0 Å². The summed E-state index contributed by atoms with van der Waals surface area (Å²) in [5.74, 6) is -1.86. The molecule has 1 spiro atoms. The van der Waals surface area contributed by atoms with Crippen molar-refractivity contribution in [3.05, 3.63) is 0 Å². The van der Waals surface area contributed by atoms with Crippen LogP contribution in [0.15, 0.2) is 0 Å². The molecule has 80 valence electrons. The number of carbonyl (C=O) groups is 4. The van der Waals surface area contributed by atoms with Crippen molar-refractivity contribution >= 4 is 23.1 Å². The van der Waals surface area contributed by atoms with E-state index in [0.29, 0.717) is 12.8 Å². The van der Waals surface area contributed by atoms with Gasteiger partial charge in [0.2, 0.25) is 5.41 Å². The summed E-state index contributed by atoms with van der Waals surface area (Å²) in [6, 6.07) is 0. The number of Topliss-reactive ketones (excluding diaryl/α,β-unsaturated/α-hetero) is 4. The molecule has 0 N–H and O–H groups in total. The summed E-state index contributed by atoms with van der Waals surface area (Å²) in [6.45, 7) is 0. The van der Waals surface area contributed by atoms with Crippen molar-refractivity contribution in [2.24, 2.45) is 5.41 Å². The zero-order valence-electron chi connectivity index (χ0n) is 8.38. The Morgan fingerprint density at radius 2 is 0.867 bits per heavy atom. The third-order valence-corrected chi connectivity index (χ3v) is 3.29. The minimum Gasteiger partial charge on any atom is -0.298 e. The quantitative estimate of drug-likeness (QED) is 0.547. The highest BCUT2D eigenvalue weighted by molar-refractivity contribution is 6.40. The molecule has 0 aromatic carbocycles. The van der Waals surface area contributed by atoms with Crippen molar-refractivity contribution in [1.29, 1.82) is 0 Å². The normalized spacial score (nSPS) is 26.1. The van der Waals surface area contributed by atoms with E-state index in [1.54, 1.807) is 0 Å². The van der Waals surface area contributed by atoms with Gasteiger partial charge in [0.15, 0.2) is 23.1 Å². The fourth-order valence-corrected chi connectivity index (χ4v) is 2.50. The fraction of sp³-hybridized carbons (Fsp3) is 0.636. The van der Waals surface area contributed by atoms with Gasteiger partial charge in [0.1, 0.15) is 0 Å². The predicted molar refractivity (Wildman–Crippen MR) is 50.2 cm³/mol. The van der Waals surface area contributed by atoms with Gasteiger partial charge in [0, 0.05) is 25.7 Å². The molecule has 15 heavy (non-hydrogen) atoms. The van der Waals surface area contributed by atoms with E-state index >= 15 is 0 Å². The topological polar surface area (TPSA) is 68.3 Å². The second-order valence-corrected chi connectivity index (χ2v) is 4.15. The predicted octanol–water partition coefficient (Wildman–Crippen LogP) is 0.617. The molecule has 2 aliphatic rings. The van der Waals surface area contributed by atoms with Gasteiger partial charge >= 0.3 is 0 Å². The van der Waals surface area contributed by atoms with Gasteiger partial charge in [-0.1, -0.05) is 0 Å². The van der Waals surface area contributed by atoms with Crippen molar-refractivity contribution in [2.75, 3.05) is 0 Å². The first-order valence-electron chi connectivity index (χ1n) is 5.23. The molecule has 0 heterocycles. The van der Waals surface area contributed by atoms with Crippen LogP contribution in [0.3, 0.4) is 0 Å². The highest BCUT2D eigenvalue weighted by Gasteiger charge is 2.58. The molecule has 0 aromatic rings. The minimum absolute atomic E-state index is 0.184. The Bertz CT molecular complexity index is 295. The number of carbonyl (C=O) groups excluding carboxylic acids is 4. The van der Waals surface area contributed by atoms with Crippen LogP contribution in [0.2, 0.25) is 0 Å². The van der Waals surface area contributed by atoms with Crippen molar-refractivity contribution in [1.82, 2.24) is 0 Å². The molecule has 0 bridgehead atoms. The number of ketones is 4. The van der Waals surface area contributed by atoms with E-state index in [0.717, 1.165) is 0 Å². The minimum atomic E-state index is -1.86. The average molecular weight is 208 g/mol. The molecular formula is C11H12O4. The van der Waals surface area contributed by atoms with Crippen LogP contribution >= 0.6 is 0 Å². The SMILES string of the molecule is O=C1CCCC(=O)C12C(=O)CCCC2=O. The standard InChI is InChI=1S/C11H12O4/c12-7-3-1-4-8(13)11(7)9(14)5-2-6-10(11)15/h1-6H2.